The van der Waals surface area contributed by atoms with Gasteiger partial charge in [0.2, 0.25) is 0 Å². The number of halogens is 2. The second-order valence-electron chi connectivity index (χ2n) is 6.84. The zero-order valence-corrected chi connectivity index (χ0v) is 14.3. The van der Waals surface area contributed by atoms with E-state index in [0.29, 0.717) is 44.8 Å². The van der Waals surface area contributed by atoms with Gasteiger partial charge in [-0.25, -0.2) is 13.6 Å². The zero-order valence-electron chi connectivity index (χ0n) is 14.3. The number of carbonyl (C=O) groups is 1. The Morgan fingerprint density at radius 1 is 1.04 bits per heavy atom. The van der Waals surface area contributed by atoms with E-state index in [2.05, 4.69) is 9.88 Å². The molecule has 1 unspecified atom stereocenters. The normalized spacial score (nSPS) is 20.5. The highest BCUT2D eigenvalue weighted by molar-refractivity contribution is 5.77. The molecule has 2 amide bonds. The fourth-order valence-corrected chi connectivity index (χ4v) is 3.70. The molecule has 5 nitrogen and oxygen atoms in total. The average Bonchev–Trinajstić information content (AvgIpc) is 2.94. The van der Waals surface area contributed by atoms with Crippen molar-refractivity contribution in [3.8, 4) is 0 Å². The summed E-state index contributed by atoms with van der Waals surface area (Å²) in [4.78, 5) is 22.3. The van der Waals surface area contributed by atoms with Gasteiger partial charge in [-0.2, -0.15) is 0 Å². The molecule has 0 spiro atoms. The third kappa shape index (κ3) is 3.39. The van der Waals surface area contributed by atoms with Gasteiger partial charge in [0.05, 0.1) is 12.2 Å². The van der Waals surface area contributed by atoms with E-state index >= 15 is 0 Å². The van der Waals surface area contributed by atoms with E-state index in [0.717, 1.165) is 5.56 Å². The van der Waals surface area contributed by atoms with E-state index in [1.807, 2.05) is 4.90 Å². The number of nitrogens with zero attached hydrogens (tertiary/aromatic N) is 4. The standard InChI is InChI=1S/C19H20F2N4O/c20-16-3-1-14(2-4-16)10-24-13-17-12-23(7-8-25(17)19(24)26)11-15-5-6-22-9-18(15)21/h1-6,9,17H,7-8,10-13H2. The maximum atomic E-state index is 13.8. The Kier molecular flexibility index (Phi) is 4.55. The van der Waals surface area contributed by atoms with Gasteiger partial charge in [0.15, 0.2) is 0 Å². The van der Waals surface area contributed by atoms with Crippen LogP contribution in [-0.4, -0.2) is 57.9 Å². The first kappa shape index (κ1) is 16.9. The molecule has 2 aromatic rings. The smallest absolute Gasteiger partial charge is 0.318 e. The van der Waals surface area contributed by atoms with Gasteiger partial charge < -0.3 is 9.80 Å². The van der Waals surface area contributed by atoms with Crippen LogP contribution >= 0.6 is 0 Å². The van der Waals surface area contributed by atoms with E-state index in [1.165, 1.54) is 18.3 Å². The summed E-state index contributed by atoms with van der Waals surface area (Å²) < 4.78 is 26.9. The summed E-state index contributed by atoms with van der Waals surface area (Å²) in [5.74, 6) is -0.576. The van der Waals surface area contributed by atoms with E-state index in [9.17, 15) is 13.6 Å². The van der Waals surface area contributed by atoms with Crippen molar-refractivity contribution in [1.29, 1.82) is 0 Å². The maximum Gasteiger partial charge on any atom is 0.320 e. The Balaban J connectivity index is 1.40. The van der Waals surface area contributed by atoms with Crippen LogP contribution in [0.3, 0.4) is 0 Å². The number of aromatic nitrogens is 1. The average molecular weight is 358 g/mol. The van der Waals surface area contributed by atoms with Crippen LogP contribution in [0.4, 0.5) is 13.6 Å². The molecule has 2 aliphatic rings. The highest BCUT2D eigenvalue weighted by Crippen LogP contribution is 2.23. The van der Waals surface area contributed by atoms with Crippen molar-refractivity contribution in [1.82, 2.24) is 19.7 Å². The largest absolute Gasteiger partial charge is 0.320 e. The molecule has 2 fully saturated rings. The molecule has 0 N–H and O–H groups in total. The van der Waals surface area contributed by atoms with E-state index in [-0.39, 0.29) is 23.7 Å². The van der Waals surface area contributed by atoms with E-state index in [1.54, 1.807) is 29.3 Å². The molecule has 0 radical (unpaired) electrons. The van der Waals surface area contributed by atoms with Crippen LogP contribution in [0.25, 0.3) is 0 Å². The maximum absolute atomic E-state index is 13.8. The van der Waals surface area contributed by atoms with Gasteiger partial charge in [0.25, 0.3) is 0 Å². The highest BCUT2D eigenvalue weighted by Gasteiger charge is 2.40. The molecule has 1 atom stereocenters. The molecule has 1 aromatic carbocycles. The van der Waals surface area contributed by atoms with Gasteiger partial charge >= 0.3 is 6.03 Å². The summed E-state index contributed by atoms with van der Waals surface area (Å²) in [6.45, 7) is 3.69. The Labute approximate surface area is 150 Å². The van der Waals surface area contributed by atoms with Crippen molar-refractivity contribution in [3.05, 3.63) is 65.5 Å². The zero-order chi connectivity index (χ0) is 18.1. The number of piperazine rings is 1. The first-order chi connectivity index (χ1) is 12.6. The molecule has 3 heterocycles. The van der Waals surface area contributed by atoms with Gasteiger partial charge in [-0.05, 0) is 23.8 Å². The first-order valence-electron chi connectivity index (χ1n) is 8.71. The fraction of sp³-hybridized carbons (Fsp3) is 0.368. The molecule has 0 saturated carbocycles. The number of hydrogen-bond acceptors (Lipinski definition) is 3. The Bertz CT molecular complexity index is 798. The molecule has 0 aliphatic carbocycles. The summed E-state index contributed by atoms with van der Waals surface area (Å²) in [6, 6.07) is 8.05. The number of amides is 2. The minimum Gasteiger partial charge on any atom is -0.318 e. The molecule has 136 valence electrons. The fourth-order valence-electron chi connectivity index (χ4n) is 3.70. The van der Waals surface area contributed by atoms with Crippen molar-refractivity contribution < 1.29 is 13.6 Å². The molecule has 2 aliphatic heterocycles. The number of fused-ring (bicyclic) bond motifs is 1. The van der Waals surface area contributed by atoms with Crippen LogP contribution in [0.1, 0.15) is 11.1 Å². The van der Waals surface area contributed by atoms with Gasteiger partial charge in [0.1, 0.15) is 11.6 Å². The van der Waals surface area contributed by atoms with Crippen molar-refractivity contribution in [2.45, 2.75) is 19.1 Å². The van der Waals surface area contributed by atoms with Crippen molar-refractivity contribution in [2.24, 2.45) is 0 Å². The van der Waals surface area contributed by atoms with Gasteiger partial charge in [-0.1, -0.05) is 12.1 Å². The first-order valence-corrected chi connectivity index (χ1v) is 8.71. The van der Waals surface area contributed by atoms with Gasteiger partial charge in [0, 0.05) is 51.0 Å². The lowest BCUT2D eigenvalue weighted by molar-refractivity contribution is 0.115. The number of rotatable bonds is 4. The molecule has 4 rings (SSSR count). The number of benzene rings is 1. The summed E-state index contributed by atoms with van der Waals surface area (Å²) in [6.07, 6.45) is 2.83. The SMILES string of the molecule is O=C1N(Cc2ccc(F)cc2)CC2CN(Cc3ccncc3F)CCN12. The van der Waals surface area contributed by atoms with Crippen LogP contribution in [-0.2, 0) is 13.1 Å². The lowest BCUT2D eigenvalue weighted by Gasteiger charge is -2.36. The van der Waals surface area contributed by atoms with Crippen molar-refractivity contribution in [3.63, 3.8) is 0 Å². The van der Waals surface area contributed by atoms with E-state index in [4.69, 9.17) is 0 Å². The van der Waals surface area contributed by atoms with Crippen molar-refractivity contribution in [2.75, 3.05) is 26.2 Å². The molecule has 0 bridgehead atoms. The monoisotopic (exact) mass is 358 g/mol. The van der Waals surface area contributed by atoms with Gasteiger partial charge in [-0.3, -0.25) is 9.88 Å². The van der Waals surface area contributed by atoms with Crippen LogP contribution < -0.4 is 0 Å². The molecular weight excluding hydrogens is 338 g/mol. The van der Waals surface area contributed by atoms with E-state index < -0.39 is 0 Å². The number of urea groups is 1. The minimum absolute atomic E-state index is 0.0223. The molecule has 2 saturated heterocycles. The molecule has 7 heteroatoms. The quantitative estimate of drug-likeness (QED) is 0.843. The summed E-state index contributed by atoms with van der Waals surface area (Å²) in [7, 11) is 0. The predicted molar refractivity (Wildman–Crippen MR) is 92.2 cm³/mol. The summed E-state index contributed by atoms with van der Waals surface area (Å²) in [5.41, 5.74) is 1.54. The third-order valence-electron chi connectivity index (χ3n) is 5.05. The van der Waals surface area contributed by atoms with Crippen LogP contribution in [0.5, 0.6) is 0 Å². The lowest BCUT2D eigenvalue weighted by atomic mass is 10.1. The minimum atomic E-state index is -0.296. The number of hydrogen-bond donors (Lipinski definition) is 0. The topological polar surface area (TPSA) is 39.7 Å². The third-order valence-corrected chi connectivity index (χ3v) is 5.05. The second kappa shape index (κ2) is 6.99. The van der Waals surface area contributed by atoms with Gasteiger partial charge in [-0.15, -0.1) is 0 Å². The Morgan fingerprint density at radius 3 is 2.62 bits per heavy atom. The summed E-state index contributed by atoms with van der Waals surface area (Å²) in [5, 5.41) is 0. The highest BCUT2D eigenvalue weighted by atomic mass is 19.1. The number of pyridine rings is 1. The van der Waals surface area contributed by atoms with Crippen molar-refractivity contribution >= 4 is 6.03 Å². The molecule has 26 heavy (non-hydrogen) atoms. The Hall–Kier alpha value is -2.54. The lowest BCUT2D eigenvalue weighted by Crippen LogP contribution is -2.51. The van der Waals surface area contributed by atoms with Crippen LogP contribution in [0, 0.1) is 11.6 Å². The predicted octanol–water partition coefficient (Wildman–Crippen LogP) is 2.48. The van der Waals surface area contributed by atoms with Crippen LogP contribution in [0.2, 0.25) is 0 Å². The molecule has 1 aromatic heterocycles. The summed E-state index contributed by atoms with van der Waals surface area (Å²) >= 11 is 0. The Morgan fingerprint density at radius 2 is 1.85 bits per heavy atom. The van der Waals surface area contributed by atoms with Crippen LogP contribution in [0.15, 0.2) is 42.7 Å². The number of carbonyl (C=O) groups excluding carboxylic acids is 1. The molecular formula is C19H20F2N4O. The second-order valence-corrected chi connectivity index (χ2v) is 6.84.